The molecule has 0 spiro atoms. The third-order valence-electron chi connectivity index (χ3n) is 5.11. The van der Waals surface area contributed by atoms with E-state index in [1.54, 1.807) is 42.7 Å². The highest BCUT2D eigenvalue weighted by Gasteiger charge is 2.16. The topological polar surface area (TPSA) is 51.5 Å². The minimum Gasteiger partial charge on any atom is -0.493 e. The van der Waals surface area contributed by atoms with E-state index < -0.39 is 0 Å². The van der Waals surface area contributed by atoms with Crippen LogP contribution in [-0.4, -0.2) is 12.5 Å². The number of hydrogen-bond acceptors (Lipinski definition) is 3. The molecule has 1 heterocycles. The summed E-state index contributed by atoms with van der Waals surface area (Å²) in [5.74, 6) is -0.0759. The molecule has 4 rings (SSSR count). The maximum Gasteiger partial charge on any atom is 0.248 e. The smallest absolute Gasteiger partial charge is 0.248 e. The quantitative estimate of drug-likeness (QED) is 0.282. The fourth-order valence-corrected chi connectivity index (χ4v) is 3.88. The number of fused-ring (bicyclic) bond motifs is 1. The number of hydrogen-bond donors (Lipinski definition) is 1. The molecule has 0 unspecified atom stereocenters. The Morgan fingerprint density at radius 1 is 1.15 bits per heavy atom. The van der Waals surface area contributed by atoms with Gasteiger partial charge in [0.15, 0.2) is 0 Å². The summed E-state index contributed by atoms with van der Waals surface area (Å²) >= 11 is 12.2. The van der Waals surface area contributed by atoms with Crippen molar-refractivity contribution in [3.63, 3.8) is 0 Å². The predicted octanol–water partition coefficient (Wildman–Crippen LogP) is 7.99. The Hall–Kier alpha value is -3.28. The Morgan fingerprint density at radius 2 is 1.91 bits per heavy atom. The van der Waals surface area contributed by atoms with Crippen LogP contribution in [0.2, 0.25) is 10.0 Å². The number of allylic oxidation sites excluding steroid dienone is 1. The summed E-state index contributed by atoms with van der Waals surface area (Å²) in [5, 5.41) is 4.21. The molecule has 0 saturated carbocycles. The second-order valence-corrected chi connectivity index (χ2v) is 8.14. The average molecular weight is 484 g/mol. The predicted molar refractivity (Wildman–Crippen MR) is 132 cm³/mol. The van der Waals surface area contributed by atoms with Crippen molar-refractivity contribution >= 4 is 51.3 Å². The van der Waals surface area contributed by atoms with Gasteiger partial charge in [-0.3, -0.25) is 4.79 Å². The van der Waals surface area contributed by atoms with Crippen LogP contribution in [0.25, 0.3) is 27.7 Å². The van der Waals surface area contributed by atoms with Gasteiger partial charge in [0.1, 0.15) is 17.1 Å². The largest absolute Gasteiger partial charge is 0.493 e. The zero-order chi connectivity index (χ0) is 23.5. The number of furan rings is 1. The molecule has 0 fully saturated rings. The maximum atomic E-state index is 13.4. The van der Waals surface area contributed by atoms with E-state index >= 15 is 0 Å². The first kappa shape index (κ1) is 22.9. The summed E-state index contributed by atoms with van der Waals surface area (Å²) in [6, 6.07) is 14.9. The van der Waals surface area contributed by atoms with Gasteiger partial charge in [-0.1, -0.05) is 41.4 Å². The number of carbonyl (C=O) groups excluding carboxylic acids is 1. The van der Waals surface area contributed by atoms with Crippen molar-refractivity contribution in [1.82, 2.24) is 0 Å². The van der Waals surface area contributed by atoms with Gasteiger partial charge < -0.3 is 14.5 Å². The van der Waals surface area contributed by atoms with Crippen molar-refractivity contribution in [1.29, 1.82) is 0 Å². The van der Waals surface area contributed by atoms with Gasteiger partial charge in [-0.25, -0.2) is 4.39 Å². The molecule has 0 bridgehead atoms. The van der Waals surface area contributed by atoms with E-state index in [1.165, 1.54) is 18.2 Å². The number of carbonyl (C=O) groups is 1. The lowest BCUT2D eigenvalue weighted by Crippen LogP contribution is -2.09. The molecule has 1 amide bonds. The van der Waals surface area contributed by atoms with E-state index in [-0.39, 0.29) is 16.7 Å². The first-order chi connectivity index (χ1) is 15.9. The van der Waals surface area contributed by atoms with Crippen LogP contribution in [0.4, 0.5) is 10.1 Å². The van der Waals surface area contributed by atoms with Gasteiger partial charge in [-0.05, 0) is 55.3 Å². The summed E-state index contributed by atoms with van der Waals surface area (Å²) in [6.45, 7) is 4.15. The first-order valence-corrected chi connectivity index (χ1v) is 11.0. The van der Waals surface area contributed by atoms with Crippen LogP contribution >= 0.6 is 23.2 Å². The zero-order valence-electron chi connectivity index (χ0n) is 17.9. The molecule has 1 N–H and O–H groups in total. The van der Waals surface area contributed by atoms with Crippen molar-refractivity contribution < 1.29 is 18.3 Å². The summed E-state index contributed by atoms with van der Waals surface area (Å²) in [6.07, 6.45) is 3.10. The molecule has 0 atom stereocenters. The average Bonchev–Trinajstić information content (AvgIpc) is 3.20. The summed E-state index contributed by atoms with van der Waals surface area (Å²) in [5.41, 5.74) is 4.11. The number of ether oxygens (including phenoxy) is 1. The van der Waals surface area contributed by atoms with Gasteiger partial charge >= 0.3 is 0 Å². The number of rotatable bonds is 6. The molecule has 168 valence electrons. The van der Waals surface area contributed by atoms with Crippen LogP contribution in [0, 0.1) is 5.82 Å². The molecule has 0 aliphatic heterocycles. The number of nitrogens with one attached hydrogen (secondary N) is 1. The van der Waals surface area contributed by atoms with Gasteiger partial charge in [0, 0.05) is 28.7 Å². The molecule has 0 radical (unpaired) electrons. The van der Waals surface area contributed by atoms with Gasteiger partial charge in [-0.15, -0.1) is 0 Å². The molecule has 0 aliphatic carbocycles. The lowest BCUT2D eigenvalue weighted by Gasteiger charge is -2.12. The zero-order valence-corrected chi connectivity index (χ0v) is 19.4. The van der Waals surface area contributed by atoms with E-state index in [1.807, 2.05) is 19.9 Å². The minimum absolute atomic E-state index is 0.275. The van der Waals surface area contributed by atoms with Crippen LogP contribution in [0.15, 0.2) is 71.4 Å². The Labute approximate surface area is 200 Å². The second-order valence-electron chi connectivity index (χ2n) is 7.35. The first-order valence-electron chi connectivity index (χ1n) is 10.2. The number of halogens is 3. The van der Waals surface area contributed by atoms with E-state index in [0.29, 0.717) is 34.2 Å². The Bertz CT molecular complexity index is 1360. The Morgan fingerprint density at radius 3 is 2.64 bits per heavy atom. The van der Waals surface area contributed by atoms with Crippen molar-refractivity contribution in [2.75, 3.05) is 11.9 Å². The normalized spacial score (nSPS) is 11.6. The SMILES string of the molecule is CCOc1cc2occ(-c3ccc(F)cc3)c2cc1/C(C)=C/C(=O)Nc1cccc(Cl)c1Cl. The van der Waals surface area contributed by atoms with Crippen LogP contribution in [-0.2, 0) is 4.79 Å². The number of amides is 1. The molecule has 33 heavy (non-hydrogen) atoms. The molecular formula is C26H20Cl2FNO3. The van der Waals surface area contributed by atoms with Crippen LogP contribution < -0.4 is 10.1 Å². The number of anilines is 1. The monoisotopic (exact) mass is 483 g/mol. The Kier molecular flexibility index (Phi) is 6.72. The third kappa shape index (κ3) is 4.90. The van der Waals surface area contributed by atoms with E-state index in [2.05, 4.69) is 5.32 Å². The summed E-state index contributed by atoms with van der Waals surface area (Å²) in [7, 11) is 0. The van der Waals surface area contributed by atoms with Crippen molar-refractivity contribution in [2.24, 2.45) is 0 Å². The lowest BCUT2D eigenvalue weighted by atomic mass is 9.99. The molecule has 4 aromatic rings. The molecule has 4 nitrogen and oxygen atoms in total. The number of benzene rings is 3. The van der Waals surface area contributed by atoms with Gasteiger partial charge in [0.05, 0.1) is 28.6 Å². The second kappa shape index (κ2) is 9.69. The van der Waals surface area contributed by atoms with Crippen LogP contribution in [0.3, 0.4) is 0 Å². The third-order valence-corrected chi connectivity index (χ3v) is 5.93. The van der Waals surface area contributed by atoms with Crippen molar-refractivity contribution in [2.45, 2.75) is 13.8 Å². The summed E-state index contributed by atoms with van der Waals surface area (Å²) in [4.78, 5) is 12.7. The van der Waals surface area contributed by atoms with Crippen LogP contribution in [0.1, 0.15) is 19.4 Å². The fraction of sp³-hybridized carbons (Fsp3) is 0.115. The van der Waals surface area contributed by atoms with Gasteiger partial charge in [0.2, 0.25) is 5.91 Å². The fourth-order valence-electron chi connectivity index (χ4n) is 3.53. The molecular weight excluding hydrogens is 464 g/mol. The molecule has 0 aliphatic rings. The van der Waals surface area contributed by atoms with E-state index in [9.17, 15) is 9.18 Å². The molecule has 1 aromatic heterocycles. The Balaban J connectivity index is 1.73. The highest BCUT2D eigenvalue weighted by atomic mass is 35.5. The van der Waals surface area contributed by atoms with Crippen LogP contribution in [0.5, 0.6) is 5.75 Å². The standard InChI is InChI=1S/C26H20Cl2FNO3/c1-3-32-23-13-24-19(20(14-33-24)16-7-9-17(29)10-8-16)12-18(23)15(2)11-25(31)30-22-6-4-5-21(27)26(22)28/h4-14H,3H2,1-2H3,(H,30,31)/b15-11+. The molecule has 0 saturated heterocycles. The van der Waals surface area contributed by atoms with E-state index in [0.717, 1.165) is 22.1 Å². The minimum atomic E-state index is -0.356. The van der Waals surface area contributed by atoms with Crippen molar-refractivity contribution in [3.8, 4) is 16.9 Å². The highest BCUT2D eigenvalue weighted by Crippen LogP contribution is 2.38. The summed E-state index contributed by atoms with van der Waals surface area (Å²) < 4.78 is 24.9. The van der Waals surface area contributed by atoms with Gasteiger partial charge in [0.25, 0.3) is 0 Å². The maximum absolute atomic E-state index is 13.4. The van der Waals surface area contributed by atoms with Gasteiger partial charge in [-0.2, -0.15) is 0 Å². The highest BCUT2D eigenvalue weighted by molar-refractivity contribution is 6.44. The van der Waals surface area contributed by atoms with Crippen molar-refractivity contribution in [3.05, 3.63) is 88.4 Å². The lowest BCUT2D eigenvalue weighted by molar-refractivity contribution is -0.111. The molecule has 7 heteroatoms. The van der Waals surface area contributed by atoms with E-state index in [4.69, 9.17) is 32.4 Å². The molecule has 3 aromatic carbocycles.